The number of fused-ring (bicyclic) bond motifs is 1. The molecule has 0 radical (unpaired) electrons. The number of carbonyl (C=O) groups is 1. The number of ketones is 1. The first-order chi connectivity index (χ1) is 12.5. The SMILES string of the molecule is CC1=CN=C2C(=O)C(c3ccc(C#N)cc3)=N[N+]12c1ccc(Cl)cc1Cl. The molecule has 5 nitrogen and oxygen atoms in total. The maximum atomic E-state index is 13.0. The zero-order chi connectivity index (χ0) is 18.5. The van der Waals surface area contributed by atoms with E-state index in [-0.39, 0.29) is 21.9 Å². The number of allylic oxidation sites excluding steroid dienone is 1. The number of rotatable bonds is 2. The lowest BCUT2D eigenvalue weighted by Gasteiger charge is -2.24. The topological polar surface area (TPSA) is 65.6 Å². The number of amidine groups is 1. The molecule has 4 rings (SSSR count). The maximum Gasteiger partial charge on any atom is 0.315 e. The van der Waals surface area contributed by atoms with Crippen LogP contribution in [-0.4, -0.2) is 17.3 Å². The van der Waals surface area contributed by atoms with Gasteiger partial charge in [-0.1, -0.05) is 45.0 Å². The quantitative estimate of drug-likeness (QED) is 0.721. The van der Waals surface area contributed by atoms with Crippen LogP contribution in [-0.2, 0) is 4.79 Å². The summed E-state index contributed by atoms with van der Waals surface area (Å²) in [5, 5.41) is 14.6. The minimum atomic E-state index is -0.270. The molecule has 126 valence electrons. The predicted octanol–water partition coefficient (Wildman–Crippen LogP) is 4.43. The molecule has 0 aromatic heterocycles. The Labute approximate surface area is 159 Å². The van der Waals surface area contributed by atoms with E-state index in [0.717, 1.165) is 5.70 Å². The zero-order valence-electron chi connectivity index (χ0n) is 13.6. The van der Waals surface area contributed by atoms with Gasteiger partial charge in [-0.05, 0) is 24.3 Å². The van der Waals surface area contributed by atoms with Crippen LogP contribution in [0.3, 0.4) is 0 Å². The summed E-state index contributed by atoms with van der Waals surface area (Å²) < 4.78 is -0.190. The Kier molecular flexibility index (Phi) is 3.78. The molecule has 0 amide bonds. The molecule has 2 heterocycles. The van der Waals surface area contributed by atoms with E-state index in [4.69, 9.17) is 33.6 Å². The van der Waals surface area contributed by atoms with Crippen LogP contribution in [0.5, 0.6) is 0 Å². The summed E-state index contributed by atoms with van der Waals surface area (Å²) in [4.78, 5) is 17.3. The van der Waals surface area contributed by atoms with Crippen LogP contribution in [0.15, 0.2) is 64.5 Å². The number of quaternary nitrogens is 1. The number of Topliss-reactive ketones (excluding diaryl/α,β-unsaturated/α-hetero) is 1. The van der Waals surface area contributed by atoms with Gasteiger partial charge in [-0.3, -0.25) is 4.79 Å². The van der Waals surface area contributed by atoms with Crippen LogP contribution < -0.4 is 4.59 Å². The molecule has 2 aliphatic heterocycles. The van der Waals surface area contributed by atoms with Crippen molar-refractivity contribution in [2.24, 2.45) is 10.1 Å². The molecule has 26 heavy (non-hydrogen) atoms. The number of carbonyl (C=O) groups excluding carboxylic acids is 1. The summed E-state index contributed by atoms with van der Waals surface area (Å²) in [5.74, 6) is -0.0000866. The minimum absolute atomic E-state index is 0.190. The molecule has 0 N–H and O–H groups in total. The second-order valence-electron chi connectivity index (χ2n) is 5.92. The lowest BCUT2D eigenvalue weighted by molar-refractivity contribution is -0.107. The number of halogens is 2. The van der Waals surface area contributed by atoms with E-state index >= 15 is 0 Å². The Morgan fingerprint density at radius 1 is 1.12 bits per heavy atom. The summed E-state index contributed by atoms with van der Waals surface area (Å²) in [5.41, 5.74) is 2.78. The molecular formula is C19H11Cl2N4O+. The third kappa shape index (κ3) is 2.24. The van der Waals surface area contributed by atoms with E-state index in [1.165, 1.54) is 0 Å². The van der Waals surface area contributed by atoms with Gasteiger partial charge in [0.2, 0.25) is 0 Å². The van der Waals surface area contributed by atoms with Crippen molar-refractivity contribution in [1.29, 1.82) is 5.26 Å². The Hall–Kier alpha value is -2.78. The number of hydrogen-bond acceptors (Lipinski definition) is 4. The normalized spacial score (nSPS) is 21.0. The molecule has 0 saturated carbocycles. The van der Waals surface area contributed by atoms with Gasteiger partial charge in [-0.2, -0.15) is 10.3 Å². The number of nitriles is 1. The van der Waals surface area contributed by atoms with E-state index in [2.05, 4.69) is 11.1 Å². The van der Waals surface area contributed by atoms with Crippen LogP contribution in [0, 0.1) is 11.3 Å². The lowest BCUT2D eigenvalue weighted by atomic mass is 10.0. The highest BCUT2D eigenvalue weighted by atomic mass is 35.5. The van der Waals surface area contributed by atoms with E-state index in [0.29, 0.717) is 26.9 Å². The minimum Gasteiger partial charge on any atom is -0.278 e. The van der Waals surface area contributed by atoms with Gasteiger partial charge in [0.15, 0.2) is 17.1 Å². The van der Waals surface area contributed by atoms with Crippen LogP contribution in [0.2, 0.25) is 10.0 Å². The molecule has 0 fully saturated rings. The van der Waals surface area contributed by atoms with Crippen LogP contribution in [0.4, 0.5) is 5.69 Å². The summed E-state index contributed by atoms with van der Waals surface area (Å²) in [6.07, 6.45) is 1.62. The van der Waals surface area contributed by atoms with Crippen molar-refractivity contribution in [3.63, 3.8) is 0 Å². The first-order valence-corrected chi connectivity index (χ1v) is 8.49. The highest BCUT2D eigenvalue weighted by molar-refractivity contribution is 6.73. The van der Waals surface area contributed by atoms with Crippen molar-refractivity contribution in [2.45, 2.75) is 6.92 Å². The van der Waals surface area contributed by atoms with Gasteiger partial charge < -0.3 is 0 Å². The lowest BCUT2D eigenvalue weighted by Crippen LogP contribution is -2.45. The Bertz CT molecular complexity index is 1090. The molecule has 2 aromatic carbocycles. The first-order valence-electron chi connectivity index (χ1n) is 7.73. The predicted molar refractivity (Wildman–Crippen MR) is 102 cm³/mol. The van der Waals surface area contributed by atoms with Crippen molar-refractivity contribution >= 4 is 46.2 Å². The third-order valence-electron chi connectivity index (χ3n) is 4.40. The Morgan fingerprint density at radius 2 is 1.85 bits per heavy atom. The number of benzene rings is 2. The van der Waals surface area contributed by atoms with Crippen LogP contribution in [0.25, 0.3) is 0 Å². The van der Waals surface area contributed by atoms with Crippen LogP contribution >= 0.6 is 23.2 Å². The van der Waals surface area contributed by atoms with Crippen molar-refractivity contribution < 1.29 is 4.79 Å². The molecule has 7 heteroatoms. The number of hydrogen-bond donors (Lipinski definition) is 0. The fourth-order valence-electron chi connectivity index (χ4n) is 3.11. The van der Waals surface area contributed by atoms with Gasteiger partial charge in [0.05, 0.1) is 17.8 Å². The standard InChI is InChI=1S/C19H11Cl2N4O/c1-11-10-23-19-18(26)17(13-4-2-12(9-22)3-5-13)24-25(11,19)16-7-6-14(20)8-15(16)21/h2-8,10H,1H3/q+1. The van der Waals surface area contributed by atoms with E-state index in [9.17, 15) is 4.79 Å². The summed E-state index contributed by atoms with van der Waals surface area (Å²) in [7, 11) is 0. The summed E-state index contributed by atoms with van der Waals surface area (Å²) >= 11 is 12.4. The third-order valence-corrected chi connectivity index (χ3v) is 4.94. The smallest absolute Gasteiger partial charge is 0.278 e. The van der Waals surface area contributed by atoms with Crippen molar-refractivity contribution in [3.8, 4) is 6.07 Å². The fraction of sp³-hybridized carbons (Fsp3) is 0.0526. The average molecular weight is 382 g/mol. The molecule has 2 aromatic rings. The summed E-state index contributed by atoms with van der Waals surface area (Å²) in [6, 6.07) is 13.8. The molecule has 0 saturated heterocycles. The van der Waals surface area contributed by atoms with Gasteiger partial charge in [0.1, 0.15) is 5.02 Å². The fourth-order valence-corrected chi connectivity index (χ4v) is 3.65. The Morgan fingerprint density at radius 3 is 2.50 bits per heavy atom. The Balaban J connectivity index is 1.93. The van der Waals surface area contributed by atoms with Crippen molar-refractivity contribution in [2.75, 3.05) is 0 Å². The van der Waals surface area contributed by atoms with E-state index < -0.39 is 0 Å². The molecule has 0 aliphatic carbocycles. The molecule has 0 spiro atoms. The molecule has 0 bridgehead atoms. The molecule has 1 unspecified atom stereocenters. The first kappa shape index (κ1) is 16.7. The molecule has 1 atom stereocenters. The van der Waals surface area contributed by atoms with Crippen LogP contribution in [0.1, 0.15) is 18.1 Å². The second-order valence-corrected chi connectivity index (χ2v) is 6.76. The number of aliphatic imine (C=N–C) groups is 1. The van der Waals surface area contributed by atoms with Gasteiger partial charge in [-0.15, -0.1) is 0 Å². The summed E-state index contributed by atoms with van der Waals surface area (Å²) in [6.45, 7) is 1.85. The van der Waals surface area contributed by atoms with Gasteiger partial charge in [-0.25, -0.2) is 0 Å². The molecular weight excluding hydrogens is 371 g/mol. The largest absolute Gasteiger partial charge is 0.315 e. The highest BCUT2D eigenvalue weighted by Crippen LogP contribution is 2.43. The van der Waals surface area contributed by atoms with Crippen molar-refractivity contribution in [3.05, 3.63) is 75.5 Å². The average Bonchev–Trinajstić information content (AvgIpc) is 3.11. The van der Waals surface area contributed by atoms with E-state index in [1.807, 2.05) is 6.92 Å². The zero-order valence-corrected chi connectivity index (χ0v) is 15.1. The van der Waals surface area contributed by atoms with E-state index in [1.54, 1.807) is 48.7 Å². The van der Waals surface area contributed by atoms with Crippen molar-refractivity contribution in [1.82, 2.24) is 4.59 Å². The molecule has 2 aliphatic rings. The van der Waals surface area contributed by atoms with Gasteiger partial charge in [0, 0.05) is 23.6 Å². The monoisotopic (exact) mass is 381 g/mol. The van der Waals surface area contributed by atoms with Gasteiger partial charge in [0.25, 0.3) is 5.78 Å². The second kappa shape index (κ2) is 5.89. The maximum absolute atomic E-state index is 13.0. The van der Waals surface area contributed by atoms with Gasteiger partial charge >= 0.3 is 5.84 Å². The number of nitrogens with zero attached hydrogens (tertiary/aromatic N) is 4. The highest BCUT2D eigenvalue weighted by Gasteiger charge is 2.56.